The zero-order chi connectivity index (χ0) is 13.3. The maximum absolute atomic E-state index is 6.33. The molecular weight excluding hydrogens is 246 g/mol. The van der Waals surface area contributed by atoms with E-state index in [2.05, 4.69) is 37.1 Å². The number of aromatic nitrogens is 2. The van der Waals surface area contributed by atoms with Gasteiger partial charge in [-0.05, 0) is 26.3 Å². The molecular formula is C14H18ClN3. The molecule has 96 valence electrons. The van der Waals surface area contributed by atoms with Gasteiger partial charge < -0.3 is 5.73 Å². The van der Waals surface area contributed by atoms with Crippen molar-refractivity contribution in [3.63, 3.8) is 0 Å². The number of hydrogen-bond donors (Lipinski definition) is 1. The van der Waals surface area contributed by atoms with Crippen LogP contribution in [0.4, 0.5) is 0 Å². The predicted octanol–water partition coefficient (Wildman–Crippen LogP) is 3.22. The zero-order valence-electron chi connectivity index (χ0n) is 10.9. The van der Waals surface area contributed by atoms with Crippen molar-refractivity contribution in [1.82, 2.24) is 9.78 Å². The molecule has 0 radical (unpaired) electrons. The van der Waals surface area contributed by atoms with Gasteiger partial charge in [-0.3, -0.25) is 4.68 Å². The normalized spacial score (nSPS) is 12.7. The van der Waals surface area contributed by atoms with E-state index in [1.807, 2.05) is 11.6 Å². The fourth-order valence-corrected chi connectivity index (χ4v) is 2.54. The second-order valence-electron chi connectivity index (χ2n) is 4.59. The van der Waals surface area contributed by atoms with Crippen molar-refractivity contribution in [2.24, 2.45) is 5.73 Å². The van der Waals surface area contributed by atoms with E-state index in [4.69, 9.17) is 17.3 Å². The minimum Gasteiger partial charge on any atom is -0.319 e. The first-order valence-corrected chi connectivity index (χ1v) is 6.45. The van der Waals surface area contributed by atoms with E-state index in [9.17, 15) is 0 Å². The molecule has 3 nitrogen and oxygen atoms in total. The minimum atomic E-state index is -0.237. The molecule has 18 heavy (non-hydrogen) atoms. The van der Waals surface area contributed by atoms with Crippen LogP contribution >= 0.6 is 11.6 Å². The standard InChI is InChI=1S/C14H18ClN3/c1-4-18-14(12(15)8-17-18)13(16)11-6-9(2)5-10(3)7-11/h5-8,13H,4,16H2,1-3H3. The molecule has 1 heterocycles. The Balaban J connectivity index is 2.47. The smallest absolute Gasteiger partial charge is 0.0837 e. The van der Waals surface area contributed by atoms with E-state index in [-0.39, 0.29) is 6.04 Å². The van der Waals surface area contributed by atoms with Crippen LogP contribution in [0.3, 0.4) is 0 Å². The molecule has 4 heteroatoms. The van der Waals surface area contributed by atoms with E-state index < -0.39 is 0 Å². The van der Waals surface area contributed by atoms with Gasteiger partial charge in [-0.2, -0.15) is 5.10 Å². The lowest BCUT2D eigenvalue weighted by molar-refractivity contribution is 0.600. The van der Waals surface area contributed by atoms with Gasteiger partial charge in [0.1, 0.15) is 0 Å². The van der Waals surface area contributed by atoms with Gasteiger partial charge in [0.05, 0.1) is 23.0 Å². The summed E-state index contributed by atoms with van der Waals surface area (Å²) in [4.78, 5) is 0. The molecule has 0 fully saturated rings. The Morgan fingerprint density at radius 2 is 1.89 bits per heavy atom. The van der Waals surface area contributed by atoms with Gasteiger partial charge in [0.2, 0.25) is 0 Å². The van der Waals surface area contributed by atoms with Crippen molar-refractivity contribution in [3.8, 4) is 0 Å². The molecule has 2 aromatic rings. The van der Waals surface area contributed by atoms with Crippen molar-refractivity contribution in [2.75, 3.05) is 0 Å². The highest BCUT2D eigenvalue weighted by molar-refractivity contribution is 6.31. The van der Waals surface area contributed by atoms with Crippen LogP contribution in [0, 0.1) is 13.8 Å². The Kier molecular flexibility index (Phi) is 3.73. The van der Waals surface area contributed by atoms with Gasteiger partial charge >= 0.3 is 0 Å². The lowest BCUT2D eigenvalue weighted by Gasteiger charge is -2.16. The molecule has 1 unspecified atom stereocenters. The summed E-state index contributed by atoms with van der Waals surface area (Å²) in [6.45, 7) is 6.94. The predicted molar refractivity (Wildman–Crippen MR) is 74.9 cm³/mol. The second kappa shape index (κ2) is 5.12. The lowest BCUT2D eigenvalue weighted by atomic mass is 10.00. The quantitative estimate of drug-likeness (QED) is 0.924. The molecule has 0 aliphatic rings. The Morgan fingerprint density at radius 3 is 2.44 bits per heavy atom. The minimum absolute atomic E-state index is 0.237. The number of rotatable bonds is 3. The number of hydrogen-bond acceptors (Lipinski definition) is 2. The molecule has 2 rings (SSSR count). The van der Waals surface area contributed by atoms with Gasteiger partial charge in [0.15, 0.2) is 0 Å². The molecule has 0 saturated carbocycles. The van der Waals surface area contributed by atoms with E-state index in [1.165, 1.54) is 11.1 Å². The van der Waals surface area contributed by atoms with Crippen LogP contribution in [0.5, 0.6) is 0 Å². The van der Waals surface area contributed by atoms with Crippen molar-refractivity contribution in [3.05, 3.63) is 51.8 Å². The first-order chi connectivity index (χ1) is 8.52. The molecule has 0 amide bonds. The molecule has 0 spiro atoms. The van der Waals surface area contributed by atoms with Gasteiger partial charge in [0, 0.05) is 6.54 Å². The maximum atomic E-state index is 6.33. The second-order valence-corrected chi connectivity index (χ2v) is 5.00. The molecule has 1 aromatic carbocycles. The number of halogens is 1. The Morgan fingerprint density at radius 1 is 1.28 bits per heavy atom. The van der Waals surface area contributed by atoms with Crippen LogP contribution in [-0.4, -0.2) is 9.78 Å². The summed E-state index contributed by atoms with van der Waals surface area (Å²) in [5.41, 5.74) is 10.7. The third-order valence-electron chi connectivity index (χ3n) is 3.03. The SMILES string of the molecule is CCn1ncc(Cl)c1C(N)c1cc(C)cc(C)c1. The van der Waals surface area contributed by atoms with E-state index in [1.54, 1.807) is 6.20 Å². The van der Waals surface area contributed by atoms with Crippen molar-refractivity contribution in [1.29, 1.82) is 0 Å². The van der Waals surface area contributed by atoms with Crippen molar-refractivity contribution >= 4 is 11.6 Å². The lowest BCUT2D eigenvalue weighted by Crippen LogP contribution is -2.18. The summed E-state index contributed by atoms with van der Waals surface area (Å²) in [5.74, 6) is 0. The summed E-state index contributed by atoms with van der Waals surface area (Å²) >= 11 is 6.18. The van der Waals surface area contributed by atoms with Crippen molar-refractivity contribution < 1.29 is 0 Å². The number of benzene rings is 1. The summed E-state index contributed by atoms with van der Waals surface area (Å²) in [7, 11) is 0. The topological polar surface area (TPSA) is 43.8 Å². The Hall–Kier alpha value is -1.32. The van der Waals surface area contributed by atoms with Gasteiger partial charge in [0.25, 0.3) is 0 Å². The van der Waals surface area contributed by atoms with Crippen LogP contribution in [0.25, 0.3) is 0 Å². The highest BCUT2D eigenvalue weighted by atomic mass is 35.5. The summed E-state index contributed by atoms with van der Waals surface area (Å²) in [6, 6.07) is 6.09. The van der Waals surface area contributed by atoms with Crippen LogP contribution < -0.4 is 5.73 Å². The van der Waals surface area contributed by atoms with Crippen LogP contribution in [-0.2, 0) is 6.54 Å². The van der Waals surface area contributed by atoms with E-state index in [0.717, 1.165) is 17.8 Å². The molecule has 1 atom stereocenters. The molecule has 0 aliphatic heterocycles. The monoisotopic (exact) mass is 263 g/mol. The first kappa shape index (κ1) is 13.1. The molecule has 0 saturated heterocycles. The van der Waals surface area contributed by atoms with Gasteiger partial charge in [-0.1, -0.05) is 40.9 Å². The highest BCUT2D eigenvalue weighted by Gasteiger charge is 2.18. The van der Waals surface area contributed by atoms with Crippen LogP contribution in [0.15, 0.2) is 24.4 Å². The van der Waals surface area contributed by atoms with E-state index >= 15 is 0 Å². The summed E-state index contributed by atoms with van der Waals surface area (Å²) in [6.07, 6.45) is 1.66. The van der Waals surface area contributed by atoms with Crippen LogP contribution in [0.2, 0.25) is 5.02 Å². The average molecular weight is 264 g/mol. The number of aryl methyl sites for hydroxylation is 3. The Bertz CT molecular complexity index is 540. The third kappa shape index (κ3) is 2.42. The fourth-order valence-electron chi connectivity index (χ4n) is 2.28. The van der Waals surface area contributed by atoms with Crippen LogP contribution in [0.1, 0.15) is 35.3 Å². The van der Waals surface area contributed by atoms with Crippen molar-refractivity contribution in [2.45, 2.75) is 33.4 Å². The molecule has 2 N–H and O–H groups in total. The molecule has 0 bridgehead atoms. The summed E-state index contributed by atoms with van der Waals surface area (Å²) < 4.78 is 1.85. The van der Waals surface area contributed by atoms with Gasteiger partial charge in [-0.25, -0.2) is 0 Å². The zero-order valence-corrected chi connectivity index (χ0v) is 11.7. The molecule has 0 aliphatic carbocycles. The maximum Gasteiger partial charge on any atom is 0.0837 e. The third-order valence-corrected chi connectivity index (χ3v) is 3.32. The summed E-state index contributed by atoms with van der Waals surface area (Å²) in [5, 5.41) is 4.86. The number of nitrogens with two attached hydrogens (primary N) is 1. The largest absolute Gasteiger partial charge is 0.319 e. The average Bonchev–Trinajstić information content (AvgIpc) is 2.68. The van der Waals surface area contributed by atoms with E-state index in [0.29, 0.717) is 5.02 Å². The van der Waals surface area contributed by atoms with Gasteiger partial charge in [-0.15, -0.1) is 0 Å². The fraction of sp³-hybridized carbons (Fsp3) is 0.357. The highest BCUT2D eigenvalue weighted by Crippen LogP contribution is 2.27. The molecule has 1 aromatic heterocycles. The first-order valence-electron chi connectivity index (χ1n) is 6.08. The number of nitrogens with zero attached hydrogens (tertiary/aromatic N) is 2. The Labute approximate surface area is 113 Å².